The second kappa shape index (κ2) is 13.9. The predicted molar refractivity (Wildman–Crippen MR) is 141 cm³/mol. The summed E-state index contributed by atoms with van der Waals surface area (Å²) in [6.45, 7) is 5.14. The number of hydrogen-bond donors (Lipinski definition) is 0. The Balaban J connectivity index is 1.55. The smallest absolute Gasteiger partial charge is 0.119 e. The Morgan fingerprint density at radius 3 is 1.70 bits per heavy atom. The first-order valence-corrected chi connectivity index (χ1v) is 12.7. The predicted octanol–water partition coefficient (Wildman–Crippen LogP) is 9.25. The number of unbranched alkanes of at least 4 members (excludes halogenated alkanes) is 7. The summed E-state index contributed by atoms with van der Waals surface area (Å²) in [4.78, 5) is 0. The normalized spacial score (nSPS) is 12.0. The van der Waals surface area contributed by atoms with Crippen molar-refractivity contribution >= 4 is 0 Å². The minimum atomic E-state index is 0.104. The van der Waals surface area contributed by atoms with Crippen LogP contribution in [0.1, 0.15) is 76.9 Å². The topological polar surface area (TPSA) is 18.5 Å². The summed E-state index contributed by atoms with van der Waals surface area (Å²) in [6, 6.07) is 25.8. The van der Waals surface area contributed by atoms with Crippen LogP contribution in [0.15, 0.2) is 72.8 Å². The van der Waals surface area contributed by atoms with E-state index in [0.29, 0.717) is 0 Å². The van der Waals surface area contributed by atoms with Gasteiger partial charge >= 0.3 is 0 Å². The summed E-state index contributed by atoms with van der Waals surface area (Å²) in [7, 11) is 1.75. The molecule has 176 valence electrons. The lowest BCUT2D eigenvalue weighted by Gasteiger charge is -2.13. The molecule has 0 saturated heterocycles. The van der Waals surface area contributed by atoms with Gasteiger partial charge in [0.05, 0.1) is 12.7 Å². The van der Waals surface area contributed by atoms with Crippen LogP contribution in [-0.4, -0.2) is 13.7 Å². The third kappa shape index (κ3) is 7.75. The van der Waals surface area contributed by atoms with E-state index in [1.165, 1.54) is 72.8 Å². The fraction of sp³-hybridized carbons (Fsp3) is 0.419. The highest BCUT2D eigenvalue weighted by Gasteiger charge is 2.09. The lowest BCUT2D eigenvalue weighted by molar-refractivity contribution is 0.119. The zero-order chi connectivity index (χ0) is 23.3. The maximum absolute atomic E-state index is 5.99. The minimum absolute atomic E-state index is 0.104. The maximum Gasteiger partial charge on any atom is 0.119 e. The standard InChI is InChI=1S/C31H40O2/c1-4-5-6-7-8-9-10-13-24-33-29-22-20-28(21-23-29)31-15-12-11-14-30(31)27-18-16-26(17-19-27)25(2)32-3/h11-12,14-23,25H,4-10,13,24H2,1-3H3. The first kappa shape index (κ1) is 25.1. The van der Waals surface area contributed by atoms with E-state index >= 15 is 0 Å². The molecular formula is C31H40O2. The average Bonchev–Trinajstić information content (AvgIpc) is 2.88. The zero-order valence-corrected chi connectivity index (χ0v) is 20.7. The third-order valence-electron chi connectivity index (χ3n) is 6.40. The van der Waals surface area contributed by atoms with Crippen molar-refractivity contribution in [1.29, 1.82) is 0 Å². The number of hydrogen-bond acceptors (Lipinski definition) is 2. The Labute approximate surface area is 201 Å². The van der Waals surface area contributed by atoms with Crippen LogP contribution in [0.2, 0.25) is 0 Å². The highest BCUT2D eigenvalue weighted by molar-refractivity contribution is 5.83. The van der Waals surface area contributed by atoms with Gasteiger partial charge in [-0.3, -0.25) is 0 Å². The van der Waals surface area contributed by atoms with E-state index in [9.17, 15) is 0 Å². The Hall–Kier alpha value is -2.58. The Bertz CT molecular complexity index is 928. The van der Waals surface area contributed by atoms with E-state index in [1.54, 1.807) is 7.11 Å². The fourth-order valence-electron chi connectivity index (χ4n) is 4.21. The molecule has 2 nitrogen and oxygen atoms in total. The van der Waals surface area contributed by atoms with E-state index in [2.05, 4.69) is 86.6 Å². The summed E-state index contributed by atoms with van der Waals surface area (Å²) in [5.41, 5.74) is 6.09. The molecule has 0 radical (unpaired) electrons. The van der Waals surface area contributed by atoms with Crippen LogP contribution in [-0.2, 0) is 4.74 Å². The zero-order valence-electron chi connectivity index (χ0n) is 20.7. The molecule has 0 amide bonds. The van der Waals surface area contributed by atoms with Crippen molar-refractivity contribution in [2.24, 2.45) is 0 Å². The van der Waals surface area contributed by atoms with Gasteiger partial charge in [0.2, 0.25) is 0 Å². The van der Waals surface area contributed by atoms with E-state index in [0.717, 1.165) is 18.8 Å². The van der Waals surface area contributed by atoms with Crippen molar-refractivity contribution in [1.82, 2.24) is 0 Å². The van der Waals surface area contributed by atoms with Gasteiger partial charge in [0.25, 0.3) is 0 Å². The molecule has 0 heterocycles. The van der Waals surface area contributed by atoms with Crippen LogP contribution < -0.4 is 4.74 Å². The van der Waals surface area contributed by atoms with Crippen LogP contribution in [0, 0.1) is 0 Å². The van der Waals surface area contributed by atoms with Gasteiger partial charge in [0.15, 0.2) is 0 Å². The van der Waals surface area contributed by atoms with E-state index in [4.69, 9.17) is 9.47 Å². The van der Waals surface area contributed by atoms with Crippen LogP contribution >= 0.6 is 0 Å². The summed E-state index contributed by atoms with van der Waals surface area (Å²) in [6.07, 6.45) is 10.7. The molecule has 33 heavy (non-hydrogen) atoms. The van der Waals surface area contributed by atoms with E-state index in [-0.39, 0.29) is 6.10 Å². The summed E-state index contributed by atoms with van der Waals surface area (Å²) in [5.74, 6) is 0.956. The third-order valence-corrected chi connectivity index (χ3v) is 6.40. The molecule has 1 unspecified atom stereocenters. The van der Waals surface area contributed by atoms with Crippen molar-refractivity contribution in [3.63, 3.8) is 0 Å². The molecular weight excluding hydrogens is 404 g/mol. The van der Waals surface area contributed by atoms with Gasteiger partial charge in [-0.2, -0.15) is 0 Å². The minimum Gasteiger partial charge on any atom is -0.494 e. The van der Waals surface area contributed by atoms with Crippen LogP contribution in [0.25, 0.3) is 22.3 Å². The van der Waals surface area contributed by atoms with Crippen molar-refractivity contribution in [3.8, 4) is 28.0 Å². The van der Waals surface area contributed by atoms with Crippen molar-refractivity contribution < 1.29 is 9.47 Å². The van der Waals surface area contributed by atoms with E-state index < -0.39 is 0 Å². The number of rotatable bonds is 14. The Kier molecular flexibility index (Phi) is 10.5. The summed E-state index contributed by atoms with van der Waals surface area (Å²) >= 11 is 0. The summed E-state index contributed by atoms with van der Waals surface area (Å²) < 4.78 is 11.4. The average molecular weight is 445 g/mol. The monoisotopic (exact) mass is 444 g/mol. The molecule has 0 aliphatic heterocycles. The highest BCUT2D eigenvalue weighted by Crippen LogP contribution is 2.33. The highest BCUT2D eigenvalue weighted by atomic mass is 16.5. The molecule has 1 atom stereocenters. The number of benzene rings is 3. The van der Waals surface area contributed by atoms with Gasteiger partial charge in [-0.05, 0) is 53.3 Å². The lowest BCUT2D eigenvalue weighted by atomic mass is 9.94. The van der Waals surface area contributed by atoms with Crippen LogP contribution in [0.4, 0.5) is 0 Å². The van der Waals surface area contributed by atoms with Gasteiger partial charge in [0, 0.05) is 7.11 Å². The molecule has 3 aromatic carbocycles. The van der Waals surface area contributed by atoms with Crippen molar-refractivity contribution in [3.05, 3.63) is 78.4 Å². The van der Waals surface area contributed by atoms with Crippen molar-refractivity contribution in [2.75, 3.05) is 13.7 Å². The molecule has 0 aromatic heterocycles. The molecule has 0 spiro atoms. The molecule has 0 aliphatic rings. The molecule has 0 aliphatic carbocycles. The quantitative estimate of drug-likeness (QED) is 0.231. The van der Waals surface area contributed by atoms with Gasteiger partial charge < -0.3 is 9.47 Å². The molecule has 2 heteroatoms. The molecule has 0 N–H and O–H groups in total. The van der Waals surface area contributed by atoms with Gasteiger partial charge in [-0.25, -0.2) is 0 Å². The fourth-order valence-corrected chi connectivity index (χ4v) is 4.21. The Morgan fingerprint density at radius 1 is 0.636 bits per heavy atom. The molecule has 3 aromatic rings. The second-order valence-corrected chi connectivity index (χ2v) is 8.89. The van der Waals surface area contributed by atoms with Crippen LogP contribution in [0.5, 0.6) is 5.75 Å². The van der Waals surface area contributed by atoms with E-state index in [1.807, 2.05) is 0 Å². The molecule has 0 fully saturated rings. The lowest BCUT2D eigenvalue weighted by Crippen LogP contribution is -1.97. The second-order valence-electron chi connectivity index (χ2n) is 8.89. The Morgan fingerprint density at radius 2 is 1.15 bits per heavy atom. The first-order valence-electron chi connectivity index (χ1n) is 12.7. The molecule has 0 bridgehead atoms. The first-order chi connectivity index (χ1) is 16.2. The maximum atomic E-state index is 5.99. The molecule has 0 saturated carbocycles. The molecule has 3 rings (SSSR count). The SMILES string of the molecule is CCCCCCCCCCOc1ccc(-c2ccccc2-c2ccc(C(C)OC)cc2)cc1. The largest absolute Gasteiger partial charge is 0.494 e. The van der Waals surface area contributed by atoms with Gasteiger partial charge in [-0.1, -0.05) is 113 Å². The van der Waals surface area contributed by atoms with Gasteiger partial charge in [-0.15, -0.1) is 0 Å². The number of methoxy groups -OCH3 is 1. The number of ether oxygens (including phenoxy) is 2. The van der Waals surface area contributed by atoms with Crippen molar-refractivity contribution in [2.45, 2.75) is 71.3 Å². The summed E-state index contributed by atoms with van der Waals surface area (Å²) in [5, 5.41) is 0. The van der Waals surface area contributed by atoms with Gasteiger partial charge in [0.1, 0.15) is 5.75 Å². The van der Waals surface area contributed by atoms with Crippen LogP contribution in [0.3, 0.4) is 0 Å².